The Balaban J connectivity index is 2.06. The van der Waals surface area contributed by atoms with Crippen molar-refractivity contribution in [2.45, 2.75) is 52.5 Å². The van der Waals surface area contributed by atoms with E-state index < -0.39 is 0 Å². The van der Waals surface area contributed by atoms with Gasteiger partial charge in [-0.3, -0.25) is 4.79 Å². The summed E-state index contributed by atoms with van der Waals surface area (Å²) in [5.74, 6) is 1.95. The molecule has 0 bridgehead atoms. The first-order chi connectivity index (χ1) is 14.4. The molecular formula is C23H32N4O4. The van der Waals surface area contributed by atoms with E-state index in [2.05, 4.69) is 31.1 Å². The minimum Gasteiger partial charge on any atom is -0.496 e. The Kier molecular flexibility index (Phi) is 5.69. The molecule has 3 rings (SSSR count). The van der Waals surface area contributed by atoms with Gasteiger partial charge in [-0.2, -0.15) is 5.10 Å². The second-order valence-electron chi connectivity index (χ2n) is 9.49. The molecule has 0 aliphatic rings. The number of amides is 1. The molecular weight excluding hydrogens is 396 g/mol. The van der Waals surface area contributed by atoms with E-state index in [9.17, 15) is 4.79 Å². The van der Waals surface area contributed by atoms with Crippen LogP contribution < -0.4 is 19.5 Å². The Morgan fingerprint density at radius 3 is 2.13 bits per heavy atom. The Morgan fingerprint density at radius 1 is 0.968 bits per heavy atom. The third-order valence-electron chi connectivity index (χ3n) is 5.04. The van der Waals surface area contributed by atoms with Gasteiger partial charge in [0.25, 0.3) is 5.91 Å². The summed E-state index contributed by atoms with van der Waals surface area (Å²) in [6.07, 6.45) is 0. The van der Waals surface area contributed by atoms with Crippen LogP contribution >= 0.6 is 0 Å². The molecule has 0 aliphatic carbocycles. The highest BCUT2D eigenvalue weighted by molar-refractivity contribution is 6.07. The summed E-state index contributed by atoms with van der Waals surface area (Å²) < 4.78 is 18.2. The van der Waals surface area contributed by atoms with Gasteiger partial charge in [-0.1, -0.05) is 20.8 Å². The summed E-state index contributed by atoms with van der Waals surface area (Å²) in [5.41, 5.74) is 1.46. The summed E-state index contributed by atoms with van der Waals surface area (Å²) in [5, 5.41) is 8.49. The summed E-state index contributed by atoms with van der Waals surface area (Å²) in [6, 6.07) is 5.41. The Labute approximate surface area is 182 Å². The molecule has 0 aliphatic heterocycles. The van der Waals surface area contributed by atoms with Gasteiger partial charge in [0.05, 0.1) is 38.1 Å². The maximum Gasteiger partial charge on any atom is 0.273 e. The first-order valence-electron chi connectivity index (χ1n) is 10.1. The second kappa shape index (κ2) is 7.83. The quantitative estimate of drug-likeness (QED) is 0.615. The number of H-pyrrole nitrogens is 1. The normalized spacial score (nSPS) is 12.2. The van der Waals surface area contributed by atoms with Crippen molar-refractivity contribution in [1.82, 2.24) is 14.8 Å². The predicted molar refractivity (Wildman–Crippen MR) is 122 cm³/mol. The standard InChI is InChI=1S/C23H32N4O4/c1-22(2,3)17-12-18(27(26-17)23(4,5)6)25-21(28)14-10-13-15(29-7)11-16(30-8)20(31-9)19(13)24-14/h10-12,24H,1-9H3,(H,25,28). The number of ether oxygens (including phenoxy) is 3. The molecule has 31 heavy (non-hydrogen) atoms. The van der Waals surface area contributed by atoms with Crippen LogP contribution in [0.15, 0.2) is 18.2 Å². The van der Waals surface area contributed by atoms with Crippen molar-refractivity contribution in [1.29, 1.82) is 0 Å². The molecule has 0 radical (unpaired) electrons. The van der Waals surface area contributed by atoms with E-state index in [1.807, 2.05) is 31.5 Å². The molecule has 8 nitrogen and oxygen atoms in total. The molecule has 0 spiro atoms. The van der Waals surface area contributed by atoms with Crippen molar-refractivity contribution in [3.63, 3.8) is 0 Å². The minimum atomic E-state index is -0.299. The molecule has 1 amide bonds. The average molecular weight is 429 g/mol. The number of aromatic amines is 1. The molecule has 0 atom stereocenters. The van der Waals surface area contributed by atoms with Crippen molar-refractivity contribution in [3.8, 4) is 17.2 Å². The van der Waals surface area contributed by atoms with Gasteiger partial charge in [0.2, 0.25) is 0 Å². The van der Waals surface area contributed by atoms with Gasteiger partial charge in [-0.05, 0) is 26.8 Å². The number of carbonyl (C=O) groups is 1. The van der Waals surface area contributed by atoms with E-state index in [1.165, 1.54) is 0 Å². The molecule has 3 aromatic rings. The molecule has 2 aromatic heterocycles. The number of fused-ring (bicyclic) bond motifs is 1. The maximum atomic E-state index is 13.2. The Bertz CT molecular complexity index is 1110. The smallest absolute Gasteiger partial charge is 0.273 e. The number of anilines is 1. The third-order valence-corrected chi connectivity index (χ3v) is 5.04. The molecule has 0 saturated carbocycles. The molecule has 168 valence electrons. The van der Waals surface area contributed by atoms with Crippen LogP contribution in [0.1, 0.15) is 57.7 Å². The van der Waals surface area contributed by atoms with Crippen LogP contribution in [0.3, 0.4) is 0 Å². The van der Waals surface area contributed by atoms with E-state index in [4.69, 9.17) is 19.3 Å². The first-order valence-corrected chi connectivity index (χ1v) is 10.1. The number of nitrogens with zero attached hydrogens (tertiary/aromatic N) is 2. The van der Waals surface area contributed by atoms with Crippen LogP contribution in [0.5, 0.6) is 17.2 Å². The molecule has 2 N–H and O–H groups in total. The summed E-state index contributed by atoms with van der Waals surface area (Å²) in [7, 11) is 4.68. The zero-order valence-corrected chi connectivity index (χ0v) is 19.8. The van der Waals surface area contributed by atoms with Gasteiger partial charge >= 0.3 is 0 Å². The van der Waals surface area contributed by atoms with Crippen LogP contribution in [-0.4, -0.2) is 42.0 Å². The zero-order valence-electron chi connectivity index (χ0n) is 19.8. The third kappa shape index (κ3) is 4.19. The largest absolute Gasteiger partial charge is 0.496 e. The van der Waals surface area contributed by atoms with Crippen LogP contribution in [0.25, 0.3) is 10.9 Å². The van der Waals surface area contributed by atoms with Gasteiger partial charge in [0, 0.05) is 22.9 Å². The van der Waals surface area contributed by atoms with E-state index >= 15 is 0 Å². The minimum absolute atomic E-state index is 0.144. The molecule has 8 heteroatoms. The fraction of sp³-hybridized carbons (Fsp3) is 0.478. The lowest BCUT2D eigenvalue weighted by atomic mass is 9.92. The number of benzene rings is 1. The maximum absolute atomic E-state index is 13.2. The average Bonchev–Trinajstić information content (AvgIpc) is 3.30. The second-order valence-corrected chi connectivity index (χ2v) is 9.49. The van der Waals surface area contributed by atoms with Crippen molar-refractivity contribution in [2.75, 3.05) is 26.6 Å². The van der Waals surface area contributed by atoms with Crippen LogP contribution in [0, 0.1) is 0 Å². The zero-order chi connectivity index (χ0) is 23.1. The van der Waals surface area contributed by atoms with Crippen molar-refractivity contribution in [3.05, 3.63) is 29.6 Å². The molecule has 0 unspecified atom stereocenters. The highest BCUT2D eigenvalue weighted by Gasteiger charge is 2.27. The predicted octanol–water partition coefficient (Wildman–Crippen LogP) is 4.70. The van der Waals surface area contributed by atoms with Crippen LogP contribution in [0.2, 0.25) is 0 Å². The van der Waals surface area contributed by atoms with E-state index in [0.29, 0.717) is 34.3 Å². The van der Waals surface area contributed by atoms with Crippen molar-refractivity contribution < 1.29 is 19.0 Å². The molecule has 0 fully saturated rings. The monoisotopic (exact) mass is 428 g/mol. The Hall–Kier alpha value is -3.16. The number of rotatable bonds is 5. The van der Waals surface area contributed by atoms with Gasteiger partial charge in [-0.25, -0.2) is 4.68 Å². The fourth-order valence-corrected chi connectivity index (χ4v) is 3.39. The number of carbonyl (C=O) groups excluding carboxylic acids is 1. The lowest BCUT2D eigenvalue weighted by Crippen LogP contribution is -2.27. The van der Waals surface area contributed by atoms with Crippen molar-refractivity contribution in [2.24, 2.45) is 0 Å². The lowest BCUT2D eigenvalue weighted by molar-refractivity contribution is 0.102. The van der Waals surface area contributed by atoms with Gasteiger partial charge < -0.3 is 24.5 Å². The molecule has 0 saturated heterocycles. The topological polar surface area (TPSA) is 90.4 Å². The molecule has 1 aromatic carbocycles. The fourth-order valence-electron chi connectivity index (χ4n) is 3.39. The van der Waals surface area contributed by atoms with Gasteiger partial charge in [0.15, 0.2) is 11.5 Å². The van der Waals surface area contributed by atoms with E-state index in [0.717, 1.165) is 11.1 Å². The number of nitrogens with one attached hydrogen (secondary N) is 2. The van der Waals surface area contributed by atoms with Gasteiger partial charge in [-0.15, -0.1) is 0 Å². The van der Waals surface area contributed by atoms with Crippen LogP contribution in [-0.2, 0) is 11.0 Å². The molecule has 2 heterocycles. The number of methoxy groups -OCH3 is 3. The SMILES string of the molecule is COc1cc(OC)c2cc(C(=O)Nc3cc(C(C)(C)C)nn3C(C)(C)C)[nH]c2c1OC. The van der Waals surface area contributed by atoms with E-state index in [-0.39, 0.29) is 16.9 Å². The number of hydrogen-bond acceptors (Lipinski definition) is 5. The highest BCUT2D eigenvalue weighted by Crippen LogP contribution is 2.41. The number of aromatic nitrogens is 3. The summed E-state index contributed by atoms with van der Waals surface area (Å²) in [4.78, 5) is 16.3. The van der Waals surface area contributed by atoms with Crippen LogP contribution in [0.4, 0.5) is 5.82 Å². The van der Waals surface area contributed by atoms with Crippen molar-refractivity contribution >= 4 is 22.6 Å². The summed E-state index contributed by atoms with van der Waals surface area (Å²) >= 11 is 0. The summed E-state index contributed by atoms with van der Waals surface area (Å²) in [6.45, 7) is 12.4. The van der Waals surface area contributed by atoms with E-state index in [1.54, 1.807) is 33.5 Å². The first kappa shape index (κ1) is 22.5. The number of hydrogen-bond donors (Lipinski definition) is 2. The lowest BCUT2D eigenvalue weighted by Gasteiger charge is -2.22. The van der Waals surface area contributed by atoms with Gasteiger partial charge in [0.1, 0.15) is 17.3 Å². The highest BCUT2D eigenvalue weighted by atomic mass is 16.5. The Morgan fingerprint density at radius 2 is 1.61 bits per heavy atom.